The molecule has 0 saturated carbocycles. The minimum Gasteiger partial charge on any atom is -0.354 e. The summed E-state index contributed by atoms with van der Waals surface area (Å²) in [7, 11) is 0. The number of nitrogens with one attached hydrogen (secondary N) is 1. The summed E-state index contributed by atoms with van der Waals surface area (Å²) in [5, 5.41) is 2.88. The molecule has 0 bridgehead atoms. The van der Waals surface area contributed by atoms with E-state index >= 15 is 0 Å². The van der Waals surface area contributed by atoms with E-state index < -0.39 is 0 Å². The first kappa shape index (κ1) is 13.9. The maximum Gasteiger partial charge on any atom is 0.233 e. The zero-order valence-electron chi connectivity index (χ0n) is 9.35. The molecule has 4 heteroatoms. The highest BCUT2D eigenvalue weighted by Crippen LogP contribution is 1.96. The van der Waals surface area contributed by atoms with Gasteiger partial charge in [-0.3, -0.25) is 4.79 Å². The molecule has 3 nitrogen and oxygen atoms in total. The van der Waals surface area contributed by atoms with E-state index in [9.17, 15) is 4.79 Å². The van der Waals surface area contributed by atoms with Gasteiger partial charge in [0.2, 0.25) is 5.91 Å². The first-order valence-electron chi connectivity index (χ1n) is 5.25. The Morgan fingerprint density at radius 3 is 2.50 bits per heavy atom. The van der Waals surface area contributed by atoms with Crippen molar-refractivity contribution in [3.63, 3.8) is 0 Å². The number of rotatable bonds is 7. The highest BCUT2D eigenvalue weighted by Gasteiger charge is 2.07. The van der Waals surface area contributed by atoms with Crippen molar-refractivity contribution in [2.24, 2.45) is 0 Å². The summed E-state index contributed by atoms with van der Waals surface area (Å²) in [5.41, 5.74) is 0. The van der Waals surface area contributed by atoms with E-state index in [0.29, 0.717) is 0 Å². The molecule has 0 radical (unpaired) electrons. The van der Waals surface area contributed by atoms with Crippen molar-refractivity contribution >= 4 is 21.8 Å². The predicted molar refractivity (Wildman–Crippen MR) is 63.8 cm³/mol. The van der Waals surface area contributed by atoms with E-state index in [-0.39, 0.29) is 10.7 Å². The van der Waals surface area contributed by atoms with Crippen molar-refractivity contribution in [3.05, 3.63) is 0 Å². The molecule has 0 rings (SSSR count). The van der Waals surface area contributed by atoms with Crippen molar-refractivity contribution < 1.29 is 4.79 Å². The van der Waals surface area contributed by atoms with Gasteiger partial charge in [-0.1, -0.05) is 29.8 Å². The Bertz CT molecular complexity index is 162. The van der Waals surface area contributed by atoms with E-state index in [2.05, 4.69) is 40.0 Å². The molecule has 1 atom stereocenters. The van der Waals surface area contributed by atoms with Gasteiger partial charge in [-0.25, -0.2) is 0 Å². The molecule has 1 amide bonds. The maximum atomic E-state index is 11.2. The first-order valence-corrected chi connectivity index (χ1v) is 6.17. The summed E-state index contributed by atoms with van der Waals surface area (Å²) >= 11 is 3.23. The standard InChI is InChI=1S/C10H21BrN2O/c1-4-7-13(5-2)8-6-12-10(14)9(3)11/h9H,4-8H2,1-3H3,(H,12,14). The van der Waals surface area contributed by atoms with Crippen LogP contribution in [0.15, 0.2) is 0 Å². The van der Waals surface area contributed by atoms with Crippen molar-refractivity contribution in [2.45, 2.75) is 32.0 Å². The maximum absolute atomic E-state index is 11.2. The molecule has 14 heavy (non-hydrogen) atoms. The van der Waals surface area contributed by atoms with E-state index in [1.807, 2.05) is 6.92 Å². The molecule has 0 aromatic carbocycles. The monoisotopic (exact) mass is 264 g/mol. The fourth-order valence-electron chi connectivity index (χ4n) is 1.22. The Morgan fingerprint density at radius 1 is 1.43 bits per heavy atom. The Morgan fingerprint density at radius 2 is 2.07 bits per heavy atom. The Hall–Kier alpha value is -0.0900. The Balaban J connectivity index is 3.55. The molecule has 0 aromatic heterocycles. The molecule has 0 heterocycles. The van der Waals surface area contributed by atoms with Gasteiger partial charge in [0, 0.05) is 13.1 Å². The minimum atomic E-state index is -0.0937. The van der Waals surface area contributed by atoms with Gasteiger partial charge < -0.3 is 10.2 Å². The fraction of sp³-hybridized carbons (Fsp3) is 0.900. The third-order valence-corrected chi connectivity index (χ3v) is 2.49. The Labute approximate surface area is 95.4 Å². The fourth-order valence-corrected chi connectivity index (χ4v) is 1.38. The third-order valence-electron chi connectivity index (χ3n) is 2.08. The number of hydrogen-bond acceptors (Lipinski definition) is 2. The molecule has 0 fully saturated rings. The van der Waals surface area contributed by atoms with Gasteiger partial charge in [0.1, 0.15) is 0 Å². The molecule has 84 valence electrons. The summed E-state index contributed by atoms with van der Waals surface area (Å²) in [6.45, 7) is 9.98. The van der Waals surface area contributed by atoms with Crippen LogP contribution in [0.4, 0.5) is 0 Å². The van der Waals surface area contributed by atoms with Crippen LogP contribution >= 0.6 is 15.9 Å². The molecular formula is C10H21BrN2O. The van der Waals surface area contributed by atoms with Gasteiger partial charge in [0.25, 0.3) is 0 Å². The summed E-state index contributed by atoms with van der Waals surface area (Å²) in [4.78, 5) is 13.4. The number of hydrogen-bond donors (Lipinski definition) is 1. The average Bonchev–Trinajstić information content (AvgIpc) is 2.16. The van der Waals surface area contributed by atoms with E-state index in [0.717, 1.165) is 32.6 Å². The number of halogens is 1. The minimum absolute atomic E-state index is 0.0672. The molecule has 0 aliphatic heterocycles. The van der Waals surface area contributed by atoms with Crippen LogP contribution in [0.1, 0.15) is 27.2 Å². The molecular weight excluding hydrogens is 244 g/mol. The second kappa shape index (κ2) is 8.24. The molecule has 1 unspecified atom stereocenters. The second-order valence-electron chi connectivity index (χ2n) is 3.34. The number of carbonyl (C=O) groups is 1. The van der Waals surface area contributed by atoms with Crippen molar-refractivity contribution in [2.75, 3.05) is 26.2 Å². The van der Waals surface area contributed by atoms with Gasteiger partial charge in [0.05, 0.1) is 4.83 Å². The average molecular weight is 265 g/mol. The lowest BCUT2D eigenvalue weighted by atomic mass is 10.4. The van der Waals surface area contributed by atoms with Crippen LogP contribution in [0.3, 0.4) is 0 Å². The van der Waals surface area contributed by atoms with Crippen LogP contribution in [0.5, 0.6) is 0 Å². The Kier molecular flexibility index (Phi) is 8.18. The number of nitrogens with zero attached hydrogens (tertiary/aromatic N) is 1. The van der Waals surface area contributed by atoms with Crippen LogP contribution in [-0.4, -0.2) is 41.8 Å². The zero-order chi connectivity index (χ0) is 11.0. The van der Waals surface area contributed by atoms with Crippen molar-refractivity contribution in [3.8, 4) is 0 Å². The normalized spacial score (nSPS) is 12.9. The van der Waals surface area contributed by atoms with Gasteiger partial charge in [0.15, 0.2) is 0 Å². The quantitative estimate of drug-likeness (QED) is 0.709. The topological polar surface area (TPSA) is 32.3 Å². The highest BCUT2D eigenvalue weighted by molar-refractivity contribution is 9.10. The summed E-state index contributed by atoms with van der Waals surface area (Å²) in [6.07, 6.45) is 1.16. The van der Waals surface area contributed by atoms with E-state index in [4.69, 9.17) is 0 Å². The lowest BCUT2D eigenvalue weighted by Gasteiger charge is -2.19. The molecule has 0 spiro atoms. The summed E-state index contributed by atoms with van der Waals surface area (Å²) in [5.74, 6) is 0.0672. The lowest BCUT2D eigenvalue weighted by Crippen LogP contribution is -2.37. The van der Waals surface area contributed by atoms with Gasteiger partial charge in [-0.05, 0) is 26.4 Å². The van der Waals surface area contributed by atoms with Crippen LogP contribution in [0, 0.1) is 0 Å². The lowest BCUT2D eigenvalue weighted by molar-refractivity contribution is -0.120. The third kappa shape index (κ3) is 6.38. The van der Waals surface area contributed by atoms with Gasteiger partial charge in [-0.15, -0.1) is 0 Å². The van der Waals surface area contributed by atoms with Crippen molar-refractivity contribution in [1.29, 1.82) is 0 Å². The zero-order valence-corrected chi connectivity index (χ0v) is 10.9. The van der Waals surface area contributed by atoms with Crippen LogP contribution in [0.25, 0.3) is 0 Å². The van der Waals surface area contributed by atoms with Crippen molar-refractivity contribution in [1.82, 2.24) is 10.2 Å². The van der Waals surface area contributed by atoms with Gasteiger partial charge >= 0.3 is 0 Å². The first-order chi connectivity index (χ1) is 6.61. The van der Waals surface area contributed by atoms with E-state index in [1.165, 1.54) is 0 Å². The largest absolute Gasteiger partial charge is 0.354 e. The van der Waals surface area contributed by atoms with Crippen LogP contribution < -0.4 is 5.32 Å². The van der Waals surface area contributed by atoms with E-state index in [1.54, 1.807) is 0 Å². The van der Waals surface area contributed by atoms with Crippen LogP contribution in [0.2, 0.25) is 0 Å². The molecule has 0 saturated heterocycles. The molecule has 0 aliphatic carbocycles. The highest BCUT2D eigenvalue weighted by atomic mass is 79.9. The van der Waals surface area contributed by atoms with Gasteiger partial charge in [-0.2, -0.15) is 0 Å². The number of carbonyl (C=O) groups excluding carboxylic acids is 1. The molecule has 1 N–H and O–H groups in total. The molecule has 0 aromatic rings. The predicted octanol–water partition coefficient (Wildman–Crippen LogP) is 1.62. The number of amides is 1. The summed E-state index contributed by atoms with van der Waals surface area (Å²) < 4.78 is 0. The number of alkyl halides is 1. The molecule has 0 aliphatic rings. The smallest absolute Gasteiger partial charge is 0.233 e. The SMILES string of the molecule is CCCN(CC)CCNC(=O)C(C)Br. The summed E-state index contributed by atoms with van der Waals surface area (Å²) in [6, 6.07) is 0. The second-order valence-corrected chi connectivity index (χ2v) is 4.71. The number of likely N-dealkylation sites (N-methyl/N-ethyl adjacent to an activating group) is 1. The van der Waals surface area contributed by atoms with Crippen LogP contribution in [-0.2, 0) is 4.79 Å².